The van der Waals surface area contributed by atoms with Crippen molar-refractivity contribution in [2.45, 2.75) is 19.4 Å². The van der Waals surface area contributed by atoms with Crippen molar-refractivity contribution in [1.82, 2.24) is 14.9 Å². The first-order valence-corrected chi connectivity index (χ1v) is 6.32. The zero-order chi connectivity index (χ0) is 14.5. The van der Waals surface area contributed by atoms with E-state index >= 15 is 0 Å². The molecule has 2 aromatic rings. The Hall–Kier alpha value is -2.61. The van der Waals surface area contributed by atoms with Crippen LogP contribution < -0.4 is 5.32 Å². The van der Waals surface area contributed by atoms with E-state index < -0.39 is 0 Å². The number of hydrogen-bond acceptors (Lipinski definition) is 3. The molecule has 1 amide bonds. The van der Waals surface area contributed by atoms with E-state index in [0.717, 1.165) is 17.0 Å². The van der Waals surface area contributed by atoms with Crippen molar-refractivity contribution in [3.05, 3.63) is 53.6 Å². The first kappa shape index (κ1) is 13.8. The number of aryl methyl sites for hydroxylation is 2. The van der Waals surface area contributed by atoms with Gasteiger partial charge >= 0.3 is 0 Å². The Kier molecular flexibility index (Phi) is 4.16. The molecule has 1 N–H and O–H groups in total. The highest BCUT2D eigenvalue weighted by Gasteiger charge is 2.20. The van der Waals surface area contributed by atoms with Gasteiger partial charge in [0.2, 0.25) is 5.91 Å². The quantitative estimate of drug-likeness (QED) is 0.919. The van der Waals surface area contributed by atoms with E-state index in [1.807, 2.05) is 55.1 Å². The van der Waals surface area contributed by atoms with Crippen LogP contribution >= 0.6 is 0 Å². The van der Waals surface area contributed by atoms with Crippen LogP contribution in [0.3, 0.4) is 0 Å². The topological polar surface area (TPSA) is 70.7 Å². The van der Waals surface area contributed by atoms with Gasteiger partial charge in [-0.3, -0.25) is 4.79 Å². The predicted molar refractivity (Wildman–Crippen MR) is 74.6 cm³/mol. The van der Waals surface area contributed by atoms with Crippen molar-refractivity contribution in [1.29, 1.82) is 5.26 Å². The van der Waals surface area contributed by atoms with E-state index in [0.29, 0.717) is 0 Å². The fraction of sp³-hybridized carbons (Fsp3) is 0.267. The molecule has 1 heterocycles. The van der Waals surface area contributed by atoms with Gasteiger partial charge in [-0.15, -0.1) is 0 Å². The van der Waals surface area contributed by atoms with Crippen LogP contribution in [0, 0.1) is 18.3 Å². The Morgan fingerprint density at radius 1 is 1.55 bits per heavy atom. The minimum atomic E-state index is -0.351. The van der Waals surface area contributed by atoms with Crippen molar-refractivity contribution in [3.63, 3.8) is 0 Å². The maximum absolute atomic E-state index is 11.7. The average Bonchev–Trinajstić information content (AvgIpc) is 2.82. The third-order valence-corrected chi connectivity index (χ3v) is 3.04. The fourth-order valence-electron chi connectivity index (χ4n) is 2.09. The predicted octanol–water partition coefficient (Wildman–Crippen LogP) is 1.85. The lowest BCUT2D eigenvalue weighted by Gasteiger charge is -2.19. The molecule has 0 aliphatic rings. The lowest BCUT2D eigenvalue weighted by molar-refractivity contribution is -0.120. The van der Waals surface area contributed by atoms with Gasteiger partial charge < -0.3 is 9.88 Å². The van der Waals surface area contributed by atoms with Crippen LogP contribution in [-0.2, 0) is 11.8 Å². The van der Waals surface area contributed by atoms with Crippen LogP contribution in [0.2, 0.25) is 0 Å². The molecule has 102 valence electrons. The number of carbonyl (C=O) groups is 1. The van der Waals surface area contributed by atoms with Gasteiger partial charge in [-0.2, -0.15) is 5.26 Å². The monoisotopic (exact) mass is 268 g/mol. The summed E-state index contributed by atoms with van der Waals surface area (Å²) in [5.41, 5.74) is 2.06. The summed E-state index contributed by atoms with van der Waals surface area (Å²) in [7, 11) is 1.88. The molecule has 0 fully saturated rings. The van der Waals surface area contributed by atoms with E-state index in [1.165, 1.54) is 0 Å². The lowest BCUT2D eigenvalue weighted by Crippen LogP contribution is -2.30. The zero-order valence-electron chi connectivity index (χ0n) is 11.5. The zero-order valence-corrected chi connectivity index (χ0v) is 11.5. The van der Waals surface area contributed by atoms with Crippen molar-refractivity contribution in [2.24, 2.45) is 7.05 Å². The second-order valence-electron chi connectivity index (χ2n) is 4.65. The van der Waals surface area contributed by atoms with Gasteiger partial charge in [0.25, 0.3) is 0 Å². The van der Waals surface area contributed by atoms with Gasteiger partial charge in [-0.25, -0.2) is 4.98 Å². The molecule has 0 aliphatic heterocycles. The van der Waals surface area contributed by atoms with E-state index in [4.69, 9.17) is 5.26 Å². The number of aromatic nitrogens is 2. The second kappa shape index (κ2) is 6.02. The number of hydrogen-bond donors (Lipinski definition) is 1. The van der Waals surface area contributed by atoms with Crippen molar-refractivity contribution in [2.75, 3.05) is 0 Å². The molecule has 0 saturated carbocycles. The maximum atomic E-state index is 11.7. The lowest BCUT2D eigenvalue weighted by atomic mass is 10.0. The summed E-state index contributed by atoms with van der Waals surface area (Å²) in [5.74, 6) is 0.434. The van der Waals surface area contributed by atoms with Gasteiger partial charge in [0.15, 0.2) is 0 Å². The largest absolute Gasteiger partial charge is 0.341 e. The Labute approximate surface area is 117 Å². The molecule has 20 heavy (non-hydrogen) atoms. The molecule has 1 aromatic heterocycles. The molecule has 1 aromatic carbocycles. The first-order chi connectivity index (χ1) is 9.61. The fourth-order valence-corrected chi connectivity index (χ4v) is 2.09. The van der Waals surface area contributed by atoms with Gasteiger partial charge in [0, 0.05) is 19.4 Å². The summed E-state index contributed by atoms with van der Waals surface area (Å²) in [6, 6.07) is 9.39. The molecule has 1 unspecified atom stereocenters. The summed E-state index contributed by atoms with van der Waals surface area (Å²) in [6.07, 6.45) is 3.36. The molecule has 0 spiro atoms. The number of nitrogens with zero attached hydrogens (tertiary/aromatic N) is 3. The van der Waals surface area contributed by atoms with Gasteiger partial charge in [0.05, 0.1) is 6.07 Å². The summed E-state index contributed by atoms with van der Waals surface area (Å²) >= 11 is 0. The van der Waals surface area contributed by atoms with E-state index in [-0.39, 0.29) is 18.4 Å². The summed E-state index contributed by atoms with van der Waals surface area (Å²) in [5, 5.41) is 11.5. The standard InChI is InChI=1S/C15H16N4O/c1-11-4-3-5-12(10-11)14(18-13(20)6-7-16)15-17-8-9-19(15)2/h3-5,8-10,14H,6H2,1-2H3,(H,18,20). The highest BCUT2D eigenvalue weighted by atomic mass is 16.1. The number of carbonyl (C=O) groups excluding carboxylic acids is 1. The molecule has 1 atom stereocenters. The molecule has 0 radical (unpaired) electrons. The Morgan fingerprint density at radius 2 is 2.35 bits per heavy atom. The average molecular weight is 268 g/mol. The van der Waals surface area contributed by atoms with Crippen molar-refractivity contribution >= 4 is 5.91 Å². The highest BCUT2D eigenvalue weighted by Crippen LogP contribution is 2.21. The minimum Gasteiger partial charge on any atom is -0.341 e. The van der Waals surface area contributed by atoms with E-state index in [2.05, 4.69) is 10.3 Å². The molecule has 5 nitrogen and oxygen atoms in total. The Balaban J connectivity index is 2.37. The number of rotatable bonds is 4. The van der Waals surface area contributed by atoms with Crippen molar-refractivity contribution in [3.8, 4) is 6.07 Å². The highest BCUT2D eigenvalue weighted by molar-refractivity contribution is 5.78. The molecular formula is C15H16N4O. The van der Waals surface area contributed by atoms with Crippen LogP contribution in [-0.4, -0.2) is 15.5 Å². The van der Waals surface area contributed by atoms with Gasteiger partial charge in [0.1, 0.15) is 18.3 Å². The molecule has 0 saturated heterocycles. The molecule has 0 bridgehead atoms. The third kappa shape index (κ3) is 3.04. The SMILES string of the molecule is Cc1cccc(C(NC(=O)CC#N)c2nccn2C)c1. The molecule has 2 rings (SSSR count). The maximum Gasteiger partial charge on any atom is 0.235 e. The number of nitrogens with one attached hydrogen (secondary N) is 1. The van der Waals surface area contributed by atoms with E-state index in [9.17, 15) is 4.79 Å². The van der Waals surface area contributed by atoms with Gasteiger partial charge in [-0.1, -0.05) is 29.8 Å². The summed E-state index contributed by atoms with van der Waals surface area (Å²) < 4.78 is 1.86. The van der Waals surface area contributed by atoms with Crippen LogP contribution in [0.1, 0.15) is 29.4 Å². The number of nitriles is 1. The molecule has 5 heteroatoms. The molecule has 0 aliphatic carbocycles. The van der Waals surface area contributed by atoms with Crippen LogP contribution in [0.15, 0.2) is 36.7 Å². The minimum absolute atomic E-state index is 0.160. The Bertz CT molecular complexity index is 654. The van der Waals surface area contributed by atoms with Crippen molar-refractivity contribution < 1.29 is 4.79 Å². The van der Waals surface area contributed by atoms with Crippen LogP contribution in [0.4, 0.5) is 0 Å². The Morgan fingerprint density at radius 3 is 2.95 bits per heavy atom. The summed E-state index contributed by atoms with van der Waals surface area (Å²) in [4.78, 5) is 16.0. The smallest absolute Gasteiger partial charge is 0.235 e. The number of benzene rings is 1. The van der Waals surface area contributed by atoms with Crippen LogP contribution in [0.25, 0.3) is 0 Å². The summed E-state index contributed by atoms with van der Waals surface area (Å²) in [6.45, 7) is 2.00. The number of imidazole rings is 1. The second-order valence-corrected chi connectivity index (χ2v) is 4.65. The van der Waals surface area contributed by atoms with Gasteiger partial charge in [-0.05, 0) is 12.5 Å². The normalized spacial score (nSPS) is 11.7. The number of amides is 1. The third-order valence-electron chi connectivity index (χ3n) is 3.04. The molecular weight excluding hydrogens is 252 g/mol. The first-order valence-electron chi connectivity index (χ1n) is 6.32. The van der Waals surface area contributed by atoms with E-state index in [1.54, 1.807) is 6.20 Å². The van der Waals surface area contributed by atoms with Crippen LogP contribution in [0.5, 0.6) is 0 Å².